The topological polar surface area (TPSA) is 92.8 Å². The predicted octanol–water partition coefficient (Wildman–Crippen LogP) is 2.67. The van der Waals surface area contributed by atoms with Crippen LogP contribution < -0.4 is 10.2 Å². The molecule has 2 amide bonds. The van der Waals surface area contributed by atoms with Gasteiger partial charge in [0, 0.05) is 29.9 Å². The highest BCUT2D eigenvalue weighted by Crippen LogP contribution is 2.26. The molecule has 7 heteroatoms. The minimum atomic E-state index is -0.506. The molecule has 1 unspecified atom stereocenters. The number of amides is 2. The average molecular weight is 380 g/mol. The van der Waals surface area contributed by atoms with Crippen LogP contribution in [0.2, 0.25) is 0 Å². The number of hydrogen-bond acceptors (Lipinski definition) is 5. The van der Waals surface area contributed by atoms with Gasteiger partial charge in [-0.25, -0.2) is 4.79 Å². The fraction of sp³-hybridized carbons (Fsp3) is 0.238. The first-order valence-corrected chi connectivity index (χ1v) is 8.79. The van der Waals surface area contributed by atoms with Gasteiger partial charge in [0.2, 0.25) is 11.8 Å². The Kier molecular flexibility index (Phi) is 5.54. The second kappa shape index (κ2) is 8.04. The predicted molar refractivity (Wildman–Crippen MR) is 103 cm³/mol. The van der Waals surface area contributed by atoms with Crippen molar-refractivity contribution in [2.24, 2.45) is 5.92 Å². The molecule has 7 nitrogen and oxygen atoms in total. The number of ether oxygens (including phenoxy) is 1. The van der Waals surface area contributed by atoms with Gasteiger partial charge in [-0.15, -0.1) is 0 Å². The Bertz CT molecular complexity index is 936. The fourth-order valence-electron chi connectivity index (χ4n) is 3.09. The van der Waals surface area contributed by atoms with E-state index in [0.29, 0.717) is 22.5 Å². The zero-order valence-corrected chi connectivity index (χ0v) is 15.6. The summed E-state index contributed by atoms with van der Waals surface area (Å²) in [5.41, 5.74) is 2.03. The maximum atomic E-state index is 12.6. The van der Waals surface area contributed by atoms with Gasteiger partial charge in [0.05, 0.1) is 18.6 Å². The minimum Gasteiger partial charge on any atom is -0.465 e. The van der Waals surface area contributed by atoms with Crippen molar-refractivity contribution < 1.29 is 23.9 Å². The van der Waals surface area contributed by atoms with E-state index in [1.54, 1.807) is 48.5 Å². The standard InChI is InChI=1S/C21H20N2O5/c1-13(24)15-4-3-5-17(10-15)22-20(26)16-11-19(25)23(12-16)18-8-6-14(7-9-18)21(27)28-2/h3-10,16H,11-12H2,1-2H3,(H,22,26). The molecule has 2 aromatic carbocycles. The van der Waals surface area contributed by atoms with Gasteiger partial charge >= 0.3 is 5.97 Å². The Labute approximate surface area is 162 Å². The highest BCUT2D eigenvalue weighted by Gasteiger charge is 2.35. The van der Waals surface area contributed by atoms with E-state index < -0.39 is 11.9 Å². The molecule has 0 aliphatic carbocycles. The van der Waals surface area contributed by atoms with E-state index >= 15 is 0 Å². The van der Waals surface area contributed by atoms with E-state index in [9.17, 15) is 19.2 Å². The lowest BCUT2D eigenvalue weighted by Gasteiger charge is -2.17. The summed E-state index contributed by atoms with van der Waals surface area (Å²) >= 11 is 0. The number of Topliss-reactive ketones (excluding diaryl/α,β-unsaturated/α-hetero) is 1. The molecule has 1 aliphatic rings. The zero-order chi connectivity index (χ0) is 20.3. The van der Waals surface area contributed by atoms with E-state index in [1.807, 2.05) is 0 Å². The quantitative estimate of drug-likeness (QED) is 0.636. The van der Waals surface area contributed by atoms with E-state index in [4.69, 9.17) is 0 Å². The van der Waals surface area contributed by atoms with Crippen molar-refractivity contribution in [3.8, 4) is 0 Å². The molecule has 1 saturated heterocycles. The van der Waals surface area contributed by atoms with Crippen LogP contribution in [0.4, 0.5) is 11.4 Å². The third-order valence-corrected chi connectivity index (χ3v) is 4.63. The number of methoxy groups -OCH3 is 1. The van der Waals surface area contributed by atoms with Crippen LogP contribution in [0.1, 0.15) is 34.1 Å². The van der Waals surface area contributed by atoms with Crippen molar-refractivity contribution in [3.05, 3.63) is 59.7 Å². The molecule has 1 fully saturated rings. The number of carbonyl (C=O) groups is 4. The van der Waals surface area contributed by atoms with Crippen LogP contribution in [0.5, 0.6) is 0 Å². The third-order valence-electron chi connectivity index (χ3n) is 4.63. The molecule has 1 N–H and O–H groups in total. The second-order valence-corrected chi connectivity index (χ2v) is 6.57. The van der Waals surface area contributed by atoms with Crippen LogP contribution in [0.25, 0.3) is 0 Å². The van der Waals surface area contributed by atoms with Crippen LogP contribution >= 0.6 is 0 Å². The number of anilines is 2. The Morgan fingerprint density at radius 3 is 2.43 bits per heavy atom. The van der Waals surface area contributed by atoms with Crippen molar-refractivity contribution in [2.45, 2.75) is 13.3 Å². The summed E-state index contributed by atoms with van der Waals surface area (Å²) in [6.45, 7) is 1.70. The Morgan fingerprint density at radius 1 is 1.07 bits per heavy atom. The molecular weight excluding hydrogens is 360 g/mol. The van der Waals surface area contributed by atoms with Crippen molar-refractivity contribution in [3.63, 3.8) is 0 Å². The molecule has 3 rings (SSSR count). The summed E-state index contributed by atoms with van der Waals surface area (Å²) in [6.07, 6.45) is 0.0942. The molecule has 0 saturated carbocycles. The van der Waals surface area contributed by atoms with E-state index in [0.717, 1.165) is 0 Å². The zero-order valence-electron chi connectivity index (χ0n) is 15.6. The van der Waals surface area contributed by atoms with Gasteiger partial charge < -0.3 is 15.0 Å². The Morgan fingerprint density at radius 2 is 1.79 bits per heavy atom. The van der Waals surface area contributed by atoms with Gasteiger partial charge in [0.25, 0.3) is 0 Å². The monoisotopic (exact) mass is 380 g/mol. The summed E-state index contributed by atoms with van der Waals surface area (Å²) < 4.78 is 4.66. The van der Waals surface area contributed by atoms with Gasteiger partial charge in [-0.3, -0.25) is 14.4 Å². The summed E-state index contributed by atoms with van der Waals surface area (Å²) in [5.74, 6) is -1.49. The van der Waals surface area contributed by atoms with Gasteiger partial charge in [-0.2, -0.15) is 0 Å². The molecule has 1 aliphatic heterocycles. The molecule has 2 aromatic rings. The van der Waals surface area contributed by atoms with Crippen LogP contribution in [-0.2, 0) is 14.3 Å². The van der Waals surface area contributed by atoms with E-state index in [-0.39, 0.29) is 30.6 Å². The third kappa shape index (κ3) is 4.09. The molecule has 28 heavy (non-hydrogen) atoms. The van der Waals surface area contributed by atoms with Crippen molar-refractivity contribution in [1.82, 2.24) is 0 Å². The lowest BCUT2D eigenvalue weighted by Crippen LogP contribution is -2.28. The van der Waals surface area contributed by atoms with Crippen molar-refractivity contribution in [2.75, 3.05) is 23.9 Å². The molecule has 1 heterocycles. The molecule has 0 aromatic heterocycles. The van der Waals surface area contributed by atoms with Crippen LogP contribution in [0.3, 0.4) is 0 Å². The molecule has 0 spiro atoms. The normalized spacial score (nSPS) is 16.0. The van der Waals surface area contributed by atoms with Gasteiger partial charge in [-0.05, 0) is 43.3 Å². The van der Waals surface area contributed by atoms with E-state index in [1.165, 1.54) is 18.9 Å². The van der Waals surface area contributed by atoms with Crippen LogP contribution in [-0.4, -0.2) is 37.2 Å². The molecule has 0 radical (unpaired) electrons. The average Bonchev–Trinajstić information content (AvgIpc) is 3.09. The molecule has 1 atom stereocenters. The fourth-order valence-corrected chi connectivity index (χ4v) is 3.09. The summed E-state index contributed by atoms with van der Waals surface area (Å²) in [5, 5.41) is 2.77. The van der Waals surface area contributed by atoms with Crippen LogP contribution in [0, 0.1) is 5.92 Å². The largest absolute Gasteiger partial charge is 0.465 e. The number of hydrogen-bond donors (Lipinski definition) is 1. The maximum Gasteiger partial charge on any atom is 0.337 e. The molecule has 144 valence electrons. The van der Waals surface area contributed by atoms with Gasteiger partial charge in [0.1, 0.15) is 0 Å². The molecule has 0 bridgehead atoms. The lowest BCUT2D eigenvalue weighted by atomic mass is 10.1. The highest BCUT2D eigenvalue weighted by atomic mass is 16.5. The van der Waals surface area contributed by atoms with Gasteiger partial charge in [-0.1, -0.05) is 12.1 Å². The number of nitrogens with one attached hydrogen (secondary N) is 1. The number of esters is 1. The number of benzene rings is 2. The van der Waals surface area contributed by atoms with Crippen molar-refractivity contribution in [1.29, 1.82) is 0 Å². The summed E-state index contributed by atoms with van der Waals surface area (Å²) in [6, 6.07) is 13.1. The van der Waals surface area contributed by atoms with Gasteiger partial charge in [0.15, 0.2) is 5.78 Å². The first kappa shape index (κ1) is 19.3. The Balaban J connectivity index is 1.68. The molecular formula is C21H20N2O5. The van der Waals surface area contributed by atoms with Crippen molar-refractivity contribution >= 4 is 34.9 Å². The van der Waals surface area contributed by atoms with E-state index in [2.05, 4.69) is 10.1 Å². The number of nitrogens with zero attached hydrogens (tertiary/aromatic N) is 1. The maximum absolute atomic E-state index is 12.6. The number of rotatable bonds is 5. The second-order valence-electron chi connectivity index (χ2n) is 6.57. The summed E-state index contributed by atoms with van der Waals surface area (Å²) in [7, 11) is 1.30. The number of ketones is 1. The Hall–Kier alpha value is -3.48. The van der Waals surface area contributed by atoms with Crippen LogP contribution in [0.15, 0.2) is 48.5 Å². The lowest BCUT2D eigenvalue weighted by molar-refractivity contribution is -0.122. The smallest absolute Gasteiger partial charge is 0.337 e. The SMILES string of the molecule is COC(=O)c1ccc(N2CC(C(=O)Nc3cccc(C(C)=O)c3)CC2=O)cc1. The highest BCUT2D eigenvalue weighted by molar-refractivity contribution is 6.04. The minimum absolute atomic E-state index is 0.0891. The first-order valence-electron chi connectivity index (χ1n) is 8.79. The first-order chi connectivity index (χ1) is 13.4. The summed E-state index contributed by atoms with van der Waals surface area (Å²) in [4.78, 5) is 49.4. The number of carbonyl (C=O) groups excluding carboxylic acids is 4.